The van der Waals surface area contributed by atoms with Gasteiger partial charge in [0.05, 0.1) is 5.69 Å². The molecule has 144 valence electrons. The molecular weight excluding hydrogens is 384 g/mol. The van der Waals surface area contributed by atoms with Gasteiger partial charge in [-0.2, -0.15) is 4.80 Å². The second-order valence-electron chi connectivity index (χ2n) is 6.80. The number of benzene rings is 3. The van der Waals surface area contributed by atoms with E-state index in [0.29, 0.717) is 10.7 Å². The van der Waals surface area contributed by atoms with Crippen LogP contribution in [0.1, 0.15) is 21.6 Å². The van der Waals surface area contributed by atoms with Crippen LogP contribution in [0.4, 0.5) is 5.69 Å². The van der Waals surface area contributed by atoms with Crippen LogP contribution < -0.4 is 5.32 Å². The fourth-order valence-electron chi connectivity index (χ4n) is 3.07. The minimum Gasteiger partial charge on any atom is -0.320 e. The van der Waals surface area contributed by atoms with Crippen molar-refractivity contribution >= 4 is 23.2 Å². The fourth-order valence-corrected chi connectivity index (χ4v) is 3.20. The standard InChI is InChI=1S/C23H19ClN4O/c1-15-8-13-20(16(2)14-15)25-23(29)22-21(17-9-11-18(24)12-10-17)26-28(27-22)19-6-4-3-5-7-19/h3-14H,1-2H3,(H,25,29). The SMILES string of the molecule is Cc1ccc(NC(=O)c2nn(-c3ccccc3)nc2-c2ccc(Cl)cc2)c(C)c1. The number of para-hydroxylation sites is 1. The number of hydrogen-bond acceptors (Lipinski definition) is 3. The van der Waals surface area contributed by atoms with E-state index in [0.717, 1.165) is 28.1 Å². The molecule has 0 bridgehead atoms. The maximum atomic E-state index is 13.1. The Morgan fingerprint density at radius 2 is 1.66 bits per heavy atom. The molecule has 0 fully saturated rings. The van der Waals surface area contributed by atoms with Crippen molar-refractivity contribution in [2.24, 2.45) is 0 Å². The van der Waals surface area contributed by atoms with Crippen molar-refractivity contribution in [3.05, 3.63) is 94.6 Å². The number of carbonyl (C=O) groups is 1. The second-order valence-corrected chi connectivity index (χ2v) is 7.24. The van der Waals surface area contributed by atoms with Crippen molar-refractivity contribution in [1.82, 2.24) is 15.0 Å². The minimum absolute atomic E-state index is 0.246. The van der Waals surface area contributed by atoms with Crippen LogP contribution >= 0.6 is 11.6 Å². The van der Waals surface area contributed by atoms with Crippen LogP contribution in [0.3, 0.4) is 0 Å². The van der Waals surface area contributed by atoms with Crippen LogP contribution in [0.5, 0.6) is 0 Å². The van der Waals surface area contributed by atoms with Crippen molar-refractivity contribution in [1.29, 1.82) is 0 Å². The third kappa shape index (κ3) is 4.05. The lowest BCUT2D eigenvalue weighted by molar-refractivity contribution is 0.102. The maximum absolute atomic E-state index is 13.1. The third-order valence-corrected chi connectivity index (χ3v) is 4.82. The predicted octanol–water partition coefficient (Wildman–Crippen LogP) is 5.46. The van der Waals surface area contributed by atoms with E-state index in [1.165, 1.54) is 4.80 Å². The van der Waals surface area contributed by atoms with E-state index in [-0.39, 0.29) is 11.6 Å². The Bertz CT molecular complexity index is 1170. The van der Waals surface area contributed by atoms with E-state index in [1.54, 1.807) is 12.1 Å². The lowest BCUT2D eigenvalue weighted by Gasteiger charge is -2.08. The molecule has 0 atom stereocenters. The summed E-state index contributed by atoms with van der Waals surface area (Å²) in [6.07, 6.45) is 0. The van der Waals surface area contributed by atoms with Crippen molar-refractivity contribution in [3.8, 4) is 16.9 Å². The highest BCUT2D eigenvalue weighted by Crippen LogP contribution is 2.25. The van der Waals surface area contributed by atoms with Crippen LogP contribution in [-0.4, -0.2) is 20.9 Å². The van der Waals surface area contributed by atoms with Gasteiger partial charge in [0, 0.05) is 16.3 Å². The van der Waals surface area contributed by atoms with Gasteiger partial charge in [0.15, 0.2) is 5.69 Å². The summed E-state index contributed by atoms with van der Waals surface area (Å²) in [5, 5.41) is 12.6. The highest BCUT2D eigenvalue weighted by Gasteiger charge is 2.21. The average molecular weight is 403 g/mol. The Balaban J connectivity index is 1.76. The minimum atomic E-state index is -0.316. The number of aryl methyl sites for hydroxylation is 2. The Labute approximate surface area is 174 Å². The van der Waals surface area contributed by atoms with Crippen molar-refractivity contribution in [2.45, 2.75) is 13.8 Å². The quantitative estimate of drug-likeness (QED) is 0.493. The van der Waals surface area contributed by atoms with Crippen molar-refractivity contribution in [2.75, 3.05) is 5.32 Å². The van der Waals surface area contributed by atoms with E-state index in [9.17, 15) is 4.79 Å². The number of nitrogens with one attached hydrogen (secondary N) is 1. The Kier molecular flexibility index (Phi) is 5.14. The van der Waals surface area contributed by atoms with E-state index in [2.05, 4.69) is 15.5 Å². The van der Waals surface area contributed by atoms with Gasteiger partial charge in [-0.3, -0.25) is 4.79 Å². The fraction of sp³-hybridized carbons (Fsp3) is 0.0870. The zero-order valence-electron chi connectivity index (χ0n) is 16.1. The maximum Gasteiger partial charge on any atom is 0.278 e. The topological polar surface area (TPSA) is 59.8 Å². The summed E-state index contributed by atoms with van der Waals surface area (Å²) in [6.45, 7) is 3.98. The molecule has 4 rings (SSSR count). The summed E-state index contributed by atoms with van der Waals surface area (Å²) in [5.41, 5.74) is 5.15. The normalized spacial score (nSPS) is 10.7. The summed E-state index contributed by atoms with van der Waals surface area (Å²) in [6, 6.07) is 22.6. The van der Waals surface area contributed by atoms with Crippen molar-refractivity contribution < 1.29 is 4.79 Å². The van der Waals surface area contributed by atoms with Gasteiger partial charge in [-0.05, 0) is 49.7 Å². The lowest BCUT2D eigenvalue weighted by Crippen LogP contribution is -2.15. The number of hydrogen-bond donors (Lipinski definition) is 1. The number of aromatic nitrogens is 3. The average Bonchev–Trinajstić information content (AvgIpc) is 3.17. The first kappa shape index (κ1) is 18.9. The van der Waals surface area contributed by atoms with Gasteiger partial charge in [-0.25, -0.2) is 0 Å². The second kappa shape index (κ2) is 7.89. The number of carbonyl (C=O) groups excluding carboxylic acids is 1. The molecule has 6 heteroatoms. The van der Waals surface area contributed by atoms with Crippen molar-refractivity contribution in [3.63, 3.8) is 0 Å². The van der Waals surface area contributed by atoms with Gasteiger partial charge < -0.3 is 5.32 Å². The number of anilines is 1. The van der Waals surface area contributed by atoms with E-state index < -0.39 is 0 Å². The number of nitrogens with zero attached hydrogens (tertiary/aromatic N) is 3. The zero-order valence-corrected chi connectivity index (χ0v) is 16.8. The molecule has 1 aromatic heterocycles. The third-order valence-electron chi connectivity index (χ3n) is 4.56. The molecular formula is C23H19ClN4O. The van der Waals surface area contributed by atoms with Crippen LogP contribution in [-0.2, 0) is 0 Å². The molecule has 1 N–H and O–H groups in total. The van der Waals surface area contributed by atoms with Crippen LogP contribution in [0, 0.1) is 13.8 Å². The summed E-state index contributed by atoms with van der Waals surface area (Å²) in [7, 11) is 0. The molecule has 0 unspecified atom stereocenters. The zero-order chi connectivity index (χ0) is 20.4. The predicted molar refractivity (Wildman–Crippen MR) is 116 cm³/mol. The first-order chi connectivity index (χ1) is 14.0. The van der Waals surface area contributed by atoms with E-state index in [4.69, 9.17) is 11.6 Å². The van der Waals surface area contributed by atoms with Gasteiger partial charge in [-0.1, -0.05) is 59.6 Å². The monoisotopic (exact) mass is 402 g/mol. The smallest absolute Gasteiger partial charge is 0.278 e. The lowest BCUT2D eigenvalue weighted by atomic mass is 10.1. The molecule has 0 saturated carbocycles. The molecule has 5 nitrogen and oxygen atoms in total. The molecule has 3 aromatic carbocycles. The summed E-state index contributed by atoms with van der Waals surface area (Å²) in [5.74, 6) is -0.316. The van der Waals surface area contributed by atoms with Gasteiger partial charge in [0.1, 0.15) is 5.69 Å². The number of rotatable bonds is 4. The first-order valence-corrected chi connectivity index (χ1v) is 9.56. The highest BCUT2D eigenvalue weighted by molar-refractivity contribution is 6.30. The largest absolute Gasteiger partial charge is 0.320 e. The molecule has 1 amide bonds. The highest BCUT2D eigenvalue weighted by atomic mass is 35.5. The Morgan fingerprint density at radius 1 is 0.931 bits per heavy atom. The van der Waals surface area contributed by atoms with Gasteiger partial charge >= 0.3 is 0 Å². The van der Waals surface area contributed by atoms with Gasteiger partial charge in [0.25, 0.3) is 5.91 Å². The molecule has 0 aliphatic heterocycles. The molecule has 0 radical (unpaired) electrons. The molecule has 0 aliphatic carbocycles. The van der Waals surface area contributed by atoms with E-state index >= 15 is 0 Å². The Morgan fingerprint density at radius 3 is 2.34 bits per heavy atom. The Hall–Kier alpha value is -3.44. The molecule has 29 heavy (non-hydrogen) atoms. The molecule has 0 spiro atoms. The summed E-state index contributed by atoms with van der Waals surface area (Å²) < 4.78 is 0. The number of halogens is 1. The molecule has 0 saturated heterocycles. The van der Waals surface area contributed by atoms with Crippen LogP contribution in [0.2, 0.25) is 5.02 Å². The first-order valence-electron chi connectivity index (χ1n) is 9.18. The van der Waals surface area contributed by atoms with Gasteiger partial charge in [-0.15, -0.1) is 10.2 Å². The van der Waals surface area contributed by atoms with Gasteiger partial charge in [0.2, 0.25) is 0 Å². The number of amides is 1. The summed E-state index contributed by atoms with van der Waals surface area (Å²) >= 11 is 6.02. The molecule has 0 aliphatic rings. The van der Waals surface area contributed by atoms with Crippen LogP contribution in [0.15, 0.2) is 72.8 Å². The summed E-state index contributed by atoms with van der Waals surface area (Å²) in [4.78, 5) is 14.6. The molecule has 4 aromatic rings. The molecule has 1 heterocycles. The van der Waals surface area contributed by atoms with Crippen LogP contribution in [0.25, 0.3) is 16.9 Å². The van der Waals surface area contributed by atoms with E-state index in [1.807, 2.05) is 74.5 Å².